The van der Waals surface area contributed by atoms with Crippen molar-refractivity contribution in [2.24, 2.45) is 11.3 Å². The van der Waals surface area contributed by atoms with E-state index in [1.54, 1.807) is 13.8 Å². The first kappa shape index (κ1) is 21.5. The normalized spacial score (nSPS) is 16.2. The first-order valence-corrected chi connectivity index (χ1v) is 9.17. The lowest BCUT2D eigenvalue weighted by atomic mass is 9.89. The minimum atomic E-state index is -1.35. The van der Waals surface area contributed by atoms with Crippen molar-refractivity contribution < 1.29 is 28.6 Å². The second-order valence-electron chi connectivity index (χ2n) is 7.78. The Hall–Kier alpha value is -1.59. The van der Waals surface area contributed by atoms with E-state index >= 15 is 0 Å². The average Bonchev–Trinajstić information content (AvgIpc) is 2.58. The molecule has 0 bridgehead atoms. The summed E-state index contributed by atoms with van der Waals surface area (Å²) in [5.41, 5.74) is -1.90. The number of hydrogen-bond acceptors (Lipinski definition) is 6. The van der Waals surface area contributed by atoms with Crippen LogP contribution in [0.5, 0.6) is 0 Å². The lowest BCUT2D eigenvalue weighted by Gasteiger charge is -2.27. The summed E-state index contributed by atoms with van der Waals surface area (Å²) in [5, 5.41) is 0. The molecule has 1 aliphatic rings. The van der Waals surface area contributed by atoms with Crippen molar-refractivity contribution in [2.75, 3.05) is 13.2 Å². The van der Waals surface area contributed by atoms with E-state index in [0.29, 0.717) is 6.42 Å². The minimum absolute atomic E-state index is 0.0132. The van der Waals surface area contributed by atoms with E-state index < -0.39 is 17.0 Å². The fraction of sp³-hybridized carbons (Fsp3) is 0.842. The molecular weight excluding hydrogens is 324 g/mol. The molecule has 1 saturated carbocycles. The van der Waals surface area contributed by atoms with Gasteiger partial charge in [0.1, 0.15) is 13.2 Å². The van der Waals surface area contributed by atoms with Crippen LogP contribution in [0.25, 0.3) is 0 Å². The van der Waals surface area contributed by atoms with Gasteiger partial charge in [-0.2, -0.15) is 0 Å². The molecule has 0 saturated heterocycles. The number of rotatable bonds is 8. The third kappa shape index (κ3) is 6.67. The van der Waals surface area contributed by atoms with Gasteiger partial charge in [-0.15, -0.1) is 0 Å². The summed E-state index contributed by atoms with van der Waals surface area (Å²) in [6.07, 6.45) is 5.47. The van der Waals surface area contributed by atoms with E-state index in [-0.39, 0.29) is 31.1 Å². The summed E-state index contributed by atoms with van der Waals surface area (Å²) in [6.45, 7) is 8.47. The third-order valence-corrected chi connectivity index (χ3v) is 4.77. The SMILES string of the molecule is CCC(C)(C)C(=O)OCCOC(=O)C(C)(C)OC(=O)C1CCCCC1. The maximum atomic E-state index is 12.2. The summed E-state index contributed by atoms with van der Waals surface area (Å²) in [4.78, 5) is 36.1. The molecule has 0 heterocycles. The van der Waals surface area contributed by atoms with Crippen LogP contribution in [0.3, 0.4) is 0 Å². The Labute approximate surface area is 150 Å². The van der Waals surface area contributed by atoms with Crippen molar-refractivity contribution in [3.05, 3.63) is 0 Å². The van der Waals surface area contributed by atoms with Gasteiger partial charge < -0.3 is 14.2 Å². The van der Waals surface area contributed by atoms with Crippen LogP contribution in [-0.4, -0.2) is 36.7 Å². The first-order valence-electron chi connectivity index (χ1n) is 9.17. The number of hydrogen-bond donors (Lipinski definition) is 0. The van der Waals surface area contributed by atoms with Gasteiger partial charge >= 0.3 is 17.9 Å². The number of carbonyl (C=O) groups is 3. The summed E-state index contributed by atoms with van der Waals surface area (Å²) in [6, 6.07) is 0. The van der Waals surface area contributed by atoms with Crippen molar-refractivity contribution >= 4 is 17.9 Å². The molecule has 0 unspecified atom stereocenters. The molecule has 0 amide bonds. The van der Waals surface area contributed by atoms with Gasteiger partial charge in [-0.25, -0.2) is 4.79 Å². The van der Waals surface area contributed by atoms with Crippen LogP contribution in [0, 0.1) is 11.3 Å². The maximum Gasteiger partial charge on any atom is 0.350 e. The highest BCUT2D eigenvalue weighted by Gasteiger charge is 2.36. The monoisotopic (exact) mass is 356 g/mol. The second-order valence-corrected chi connectivity index (χ2v) is 7.78. The van der Waals surface area contributed by atoms with Crippen molar-refractivity contribution in [3.63, 3.8) is 0 Å². The Morgan fingerprint density at radius 1 is 0.880 bits per heavy atom. The van der Waals surface area contributed by atoms with E-state index in [1.165, 1.54) is 13.8 Å². The molecule has 0 atom stereocenters. The first-order chi connectivity index (χ1) is 11.6. The average molecular weight is 356 g/mol. The number of carbonyl (C=O) groups excluding carboxylic acids is 3. The van der Waals surface area contributed by atoms with Gasteiger partial charge in [-0.1, -0.05) is 26.2 Å². The maximum absolute atomic E-state index is 12.2. The van der Waals surface area contributed by atoms with Crippen LogP contribution in [0.1, 0.15) is 73.1 Å². The third-order valence-electron chi connectivity index (χ3n) is 4.77. The molecule has 6 nitrogen and oxygen atoms in total. The zero-order valence-electron chi connectivity index (χ0n) is 16.2. The molecule has 144 valence electrons. The molecule has 6 heteroatoms. The van der Waals surface area contributed by atoms with Crippen molar-refractivity contribution in [1.29, 1.82) is 0 Å². The van der Waals surface area contributed by atoms with E-state index in [9.17, 15) is 14.4 Å². The van der Waals surface area contributed by atoms with Crippen LogP contribution >= 0.6 is 0 Å². The molecule has 0 aromatic rings. The standard InChI is InChI=1S/C19H32O6/c1-6-18(2,3)16(21)23-12-13-24-17(22)19(4,5)25-15(20)14-10-8-7-9-11-14/h14H,6-13H2,1-5H3. The lowest BCUT2D eigenvalue weighted by molar-refractivity contribution is -0.183. The van der Waals surface area contributed by atoms with Crippen LogP contribution < -0.4 is 0 Å². The molecule has 1 rings (SSSR count). The van der Waals surface area contributed by atoms with Gasteiger partial charge in [-0.3, -0.25) is 9.59 Å². The topological polar surface area (TPSA) is 78.9 Å². The molecule has 0 radical (unpaired) electrons. The molecule has 0 aromatic carbocycles. The lowest BCUT2D eigenvalue weighted by Crippen LogP contribution is -2.41. The van der Waals surface area contributed by atoms with Gasteiger partial charge in [0.15, 0.2) is 0 Å². The molecule has 0 aliphatic heterocycles. The van der Waals surface area contributed by atoms with Gasteiger partial charge in [0.2, 0.25) is 5.60 Å². The largest absolute Gasteiger partial charge is 0.462 e. The van der Waals surface area contributed by atoms with Crippen LogP contribution in [0.2, 0.25) is 0 Å². The Morgan fingerprint density at radius 2 is 1.40 bits per heavy atom. The molecule has 0 N–H and O–H groups in total. The van der Waals surface area contributed by atoms with Gasteiger partial charge in [-0.05, 0) is 47.0 Å². The van der Waals surface area contributed by atoms with Gasteiger partial charge in [0, 0.05) is 0 Å². The fourth-order valence-corrected chi connectivity index (χ4v) is 2.50. The van der Waals surface area contributed by atoms with E-state index in [1.807, 2.05) is 6.92 Å². The van der Waals surface area contributed by atoms with Crippen LogP contribution in [0.4, 0.5) is 0 Å². The molecule has 0 spiro atoms. The predicted molar refractivity (Wildman–Crippen MR) is 92.7 cm³/mol. The van der Waals surface area contributed by atoms with Gasteiger partial charge in [0.05, 0.1) is 11.3 Å². The quantitative estimate of drug-likeness (QED) is 0.377. The Kier molecular flexibility index (Phi) is 7.90. The zero-order valence-corrected chi connectivity index (χ0v) is 16.2. The molecule has 1 fully saturated rings. The predicted octanol–water partition coefficient (Wildman–Crippen LogP) is 3.41. The van der Waals surface area contributed by atoms with Crippen LogP contribution in [-0.2, 0) is 28.6 Å². The smallest absolute Gasteiger partial charge is 0.350 e. The van der Waals surface area contributed by atoms with Crippen molar-refractivity contribution in [2.45, 2.75) is 78.7 Å². The van der Waals surface area contributed by atoms with E-state index in [4.69, 9.17) is 14.2 Å². The Bertz CT molecular complexity index is 474. The molecular formula is C19H32O6. The Morgan fingerprint density at radius 3 is 1.92 bits per heavy atom. The van der Waals surface area contributed by atoms with Gasteiger partial charge in [0.25, 0.3) is 0 Å². The fourth-order valence-electron chi connectivity index (χ4n) is 2.50. The number of esters is 3. The Balaban J connectivity index is 2.37. The zero-order chi connectivity index (χ0) is 19.1. The summed E-state index contributed by atoms with van der Waals surface area (Å²) < 4.78 is 15.6. The summed E-state index contributed by atoms with van der Waals surface area (Å²) in [5.74, 6) is -1.42. The highest BCUT2D eigenvalue weighted by Crippen LogP contribution is 2.27. The molecule has 1 aliphatic carbocycles. The van der Waals surface area contributed by atoms with E-state index in [0.717, 1.165) is 32.1 Å². The van der Waals surface area contributed by atoms with Crippen molar-refractivity contribution in [1.82, 2.24) is 0 Å². The highest BCUT2D eigenvalue weighted by molar-refractivity contribution is 5.83. The molecule has 25 heavy (non-hydrogen) atoms. The summed E-state index contributed by atoms with van der Waals surface area (Å²) in [7, 11) is 0. The highest BCUT2D eigenvalue weighted by atomic mass is 16.6. The number of ether oxygens (including phenoxy) is 3. The van der Waals surface area contributed by atoms with E-state index in [2.05, 4.69) is 0 Å². The second kappa shape index (κ2) is 9.20. The van der Waals surface area contributed by atoms with Crippen molar-refractivity contribution in [3.8, 4) is 0 Å². The summed E-state index contributed by atoms with van der Waals surface area (Å²) >= 11 is 0. The van der Waals surface area contributed by atoms with Crippen LogP contribution in [0.15, 0.2) is 0 Å². The molecule has 0 aromatic heterocycles. The minimum Gasteiger partial charge on any atom is -0.462 e.